The summed E-state index contributed by atoms with van der Waals surface area (Å²) in [5.41, 5.74) is 1.70. The summed E-state index contributed by atoms with van der Waals surface area (Å²) < 4.78 is 4.75. The number of amides is 1. The van der Waals surface area contributed by atoms with E-state index in [4.69, 9.17) is 4.74 Å². The lowest BCUT2D eigenvalue weighted by Crippen LogP contribution is -2.26. The number of carbonyl (C=O) groups excluding carboxylic acids is 2. The number of rotatable bonds is 5. The summed E-state index contributed by atoms with van der Waals surface area (Å²) in [5, 5.41) is 2.67. The molecule has 0 aromatic heterocycles. The molecule has 17 heavy (non-hydrogen) atoms. The summed E-state index contributed by atoms with van der Waals surface area (Å²) in [4.78, 5) is 22.7. The van der Waals surface area contributed by atoms with Gasteiger partial charge in [0.15, 0.2) is 0 Å². The predicted molar refractivity (Wildman–Crippen MR) is 64.8 cm³/mol. The number of esters is 1. The van der Waals surface area contributed by atoms with Gasteiger partial charge in [0, 0.05) is 12.1 Å². The summed E-state index contributed by atoms with van der Waals surface area (Å²) >= 11 is 0. The molecule has 0 aliphatic rings. The first-order valence-corrected chi connectivity index (χ1v) is 5.64. The predicted octanol–water partition coefficient (Wildman–Crippen LogP) is 1.68. The van der Waals surface area contributed by atoms with Gasteiger partial charge in [0.2, 0.25) is 0 Å². The van der Waals surface area contributed by atoms with Crippen molar-refractivity contribution in [2.24, 2.45) is 0 Å². The number of benzene rings is 1. The molecule has 0 heterocycles. The van der Waals surface area contributed by atoms with Gasteiger partial charge in [-0.05, 0) is 26.0 Å². The van der Waals surface area contributed by atoms with Crippen LogP contribution in [0.25, 0.3) is 0 Å². The Morgan fingerprint density at radius 3 is 2.47 bits per heavy atom. The number of ether oxygens (including phenoxy) is 1. The average molecular weight is 235 g/mol. The zero-order valence-electron chi connectivity index (χ0n) is 10.2. The van der Waals surface area contributed by atoms with Gasteiger partial charge in [-0.1, -0.05) is 17.7 Å². The molecule has 0 bridgehead atoms. The van der Waals surface area contributed by atoms with E-state index < -0.39 is 0 Å². The summed E-state index contributed by atoms with van der Waals surface area (Å²) in [6, 6.07) is 7.27. The van der Waals surface area contributed by atoms with Crippen molar-refractivity contribution in [2.75, 3.05) is 13.2 Å². The molecule has 4 heteroatoms. The van der Waals surface area contributed by atoms with Crippen molar-refractivity contribution in [3.63, 3.8) is 0 Å². The van der Waals surface area contributed by atoms with E-state index in [0.717, 1.165) is 5.56 Å². The summed E-state index contributed by atoms with van der Waals surface area (Å²) in [7, 11) is 0. The highest BCUT2D eigenvalue weighted by molar-refractivity contribution is 5.94. The topological polar surface area (TPSA) is 55.4 Å². The quantitative estimate of drug-likeness (QED) is 0.790. The first-order chi connectivity index (χ1) is 8.13. The third kappa shape index (κ3) is 4.68. The molecule has 1 aromatic rings. The Balaban J connectivity index is 2.35. The maximum absolute atomic E-state index is 11.6. The van der Waals surface area contributed by atoms with Crippen molar-refractivity contribution < 1.29 is 14.3 Å². The lowest BCUT2D eigenvalue weighted by atomic mass is 10.1. The van der Waals surface area contributed by atoms with E-state index in [0.29, 0.717) is 18.7 Å². The first kappa shape index (κ1) is 13.2. The molecule has 0 atom stereocenters. The molecule has 92 valence electrons. The van der Waals surface area contributed by atoms with Crippen LogP contribution >= 0.6 is 0 Å². The van der Waals surface area contributed by atoms with Crippen LogP contribution < -0.4 is 5.32 Å². The second-order valence-electron chi connectivity index (χ2n) is 3.68. The van der Waals surface area contributed by atoms with E-state index in [1.807, 2.05) is 19.1 Å². The molecule has 0 radical (unpaired) electrons. The Kier molecular flexibility index (Phi) is 5.20. The van der Waals surface area contributed by atoms with E-state index >= 15 is 0 Å². The zero-order valence-corrected chi connectivity index (χ0v) is 10.2. The van der Waals surface area contributed by atoms with Crippen molar-refractivity contribution in [3.8, 4) is 0 Å². The number of nitrogens with one attached hydrogen (secondary N) is 1. The van der Waals surface area contributed by atoms with E-state index in [-0.39, 0.29) is 18.3 Å². The Labute approximate surface area is 101 Å². The van der Waals surface area contributed by atoms with Crippen LogP contribution in [0, 0.1) is 6.92 Å². The minimum absolute atomic E-state index is 0.172. The second kappa shape index (κ2) is 6.68. The normalized spacial score (nSPS) is 9.76. The monoisotopic (exact) mass is 235 g/mol. The van der Waals surface area contributed by atoms with Crippen LogP contribution in [-0.2, 0) is 9.53 Å². The largest absolute Gasteiger partial charge is 0.466 e. The van der Waals surface area contributed by atoms with E-state index in [1.54, 1.807) is 19.1 Å². The van der Waals surface area contributed by atoms with Crippen LogP contribution in [0.3, 0.4) is 0 Å². The molecule has 0 spiro atoms. The Morgan fingerprint density at radius 2 is 1.88 bits per heavy atom. The molecule has 0 saturated carbocycles. The summed E-state index contributed by atoms with van der Waals surface area (Å²) in [6.07, 6.45) is 0.200. The Hall–Kier alpha value is -1.84. The van der Waals surface area contributed by atoms with Crippen LogP contribution in [0.15, 0.2) is 24.3 Å². The standard InChI is InChI=1S/C13H17NO3/c1-3-17-12(15)8-9-14-13(16)11-6-4-10(2)5-7-11/h4-7H,3,8-9H2,1-2H3,(H,14,16). The lowest BCUT2D eigenvalue weighted by Gasteiger charge is -2.05. The molecule has 1 amide bonds. The van der Waals surface area contributed by atoms with E-state index in [9.17, 15) is 9.59 Å². The van der Waals surface area contributed by atoms with Gasteiger partial charge < -0.3 is 10.1 Å². The van der Waals surface area contributed by atoms with Crippen LogP contribution in [0.2, 0.25) is 0 Å². The number of aryl methyl sites for hydroxylation is 1. The van der Waals surface area contributed by atoms with Gasteiger partial charge in [-0.15, -0.1) is 0 Å². The molecule has 0 saturated heterocycles. The van der Waals surface area contributed by atoms with Crippen molar-refractivity contribution >= 4 is 11.9 Å². The van der Waals surface area contributed by atoms with Crippen molar-refractivity contribution in [3.05, 3.63) is 35.4 Å². The molecular weight excluding hydrogens is 218 g/mol. The van der Waals surface area contributed by atoms with Gasteiger partial charge >= 0.3 is 5.97 Å². The van der Waals surface area contributed by atoms with Crippen LogP contribution in [-0.4, -0.2) is 25.0 Å². The molecular formula is C13H17NO3. The van der Waals surface area contributed by atoms with Crippen LogP contribution in [0.4, 0.5) is 0 Å². The van der Waals surface area contributed by atoms with Gasteiger partial charge in [0.25, 0.3) is 5.91 Å². The minimum atomic E-state index is -0.295. The molecule has 0 fully saturated rings. The highest BCUT2D eigenvalue weighted by atomic mass is 16.5. The van der Waals surface area contributed by atoms with Gasteiger partial charge in [-0.25, -0.2) is 0 Å². The summed E-state index contributed by atoms with van der Waals surface area (Å²) in [5.74, 6) is -0.467. The second-order valence-corrected chi connectivity index (χ2v) is 3.68. The molecule has 1 aromatic carbocycles. The fraction of sp³-hybridized carbons (Fsp3) is 0.385. The van der Waals surface area contributed by atoms with Gasteiger partial charge in [0.1, 0.15) is 0 Å². The molecule has 0 unspecified atom stereocenters. The van der Waals surface area contributed by atoms with Gasteiger partial charge in [-0.3, -0.25) is 9.59 Å². The minimum Gasteiger partial charge on any atom is -0.466 e. The van der Waals surface area contributed by atoms with Crippen molar-refractivity contribution in [1.82, 2.24) is 5.32 Å². The number of hydrogen-bond donors (Lipinski definition) is 1. The van der Waals surface area contributed by atoms with Crippen molar-refractivity contribution in [1.29, 1.82) is 0 Å². The van der Waals surface area contributed by atoms with Gasteiger partial charge in [0.05, 0.1) is 13.0 Å². The van der Waals surface area contributed by atoms with Crippen LogP contribution in [0.1, 0.15) is 29.3 Å². The highest BCUT2D eigenvalue weighted by Crippen LogP contribution is 2.02. The van der Waals surface area contributed by atoms with E-state index in [1.165, 1.54) is 0 Å². The lowest BCUT2D eigenvalue weighted by molar-refractivity contribution is -0.142. The molecule has 1 N–H and O–H groups in total. The number of carbonyl (C=O) groups is 2. The molecule has 0 aliphatic carbocycles. The SMILES string of the molecule is CCOC(=O)CCNC(=O)c1ccc(C)cc1. The van der Waals surface area contributed by atoms with Crippen molar-refractivity contribution in [2.45, 2.75) is 20.3 Å². The maximum atomic E-state index is 11.6. The average Bonchev–Trinajstić information content (AvgIpc) is 2.30. The molecule has 1 rings (SSSR count). The Morgan fingerprint density at radius 1 is 1.24 bits per heavy atom. The fourth-order valence-corrected chi connectivity index (χ4v) is 1.32. The summed E-state index contributed by atoms with van der Waals surface area (Å²) in [6.45, 7) is 4.38. The zero-order chi connectivity index (χ0) is 12.7. The molecule has 4 nitrogen and oxygen atoms in total. The third-order valence-electron chi connectivity index (χ3n) is 2.23. The number of hydrogen-bond acceptors (Lipinski definition) is 3. The fourth-order valence-electron chi connectivity index (χ4n) is 1.32. The first-order valence-electron chi connectivity index (χ1n) is 5.64. The molecule has 0 aliphatic heterocycles. The Bertz CT molecular complexity index is 384. The van der Waals surface area contributed by atoms with Crippen LogP contribution in [0.5, 0.6) is 0 Å². The highest BCUT2D eigenvalue weighted by Gasteiger charge is 2.06. The van der Waals surface area contributed by atoms with E-state index in [2.05, 4.69) is 5.32 Å². The maximum Gasteiger partial charge on any atom is 0.307 e. The van der Waals surface area contributed by atoms with Gasteiger partial charge in [-0.2, -0.15) is 0 Å². The smallest absolute Gasteiger partial charge is 0.307 e. The third-order valence-corrected chi connectivity index (χ3v) is 2.23.